The molecule has 2 rings (SSSR count). The molecular weight excluding hydrogens is 370 g/mol. The molecule has 0 saturated heterocycles. The van der Waals surface area contributed by atoms with Crippen LogP contribution in [0.5, 0.6) is 0 Å². The molecule has 0 amide bonds. The summed E-state index contributed by atoms with van der Waals surface area (Å²) in [5.41, 5.74) is 0.579. The third kappa shape index (κ3) is 3.86. The maximum atomic E-state index is 12.4. The van der Waals surface area contributed by atoms with E-state index < -0.39 is 16.0 Å². The van der Waals surface area contributed by atoms with Crippen LogP contribution in [0.15, 0.2) is 57.9 Å². The maximum Gasteiger partial charge on any atom is 0.338 e. The first-order valence-corrected chi connectivity index (χ1v) is 8.76. The Morgan fingerprint density at radius 2 is 1.91 bits per heavy atom. The molecule has 22 heavy (non-hydrogen) atoms. The Bertz CT molecular complexity index is 790. The molecule has 0 heterocycles. The molecule has 116 valence electrons. The molecule has 0 aliphatic heterocycles. The standard InChI is InChI=1S/C15H14BrNO4S/c1-2-21-15(18)11-6-5-7-12(10-11)17-22(19,20)14-9-4-3-8-13(14)16/h3-10,17H,2H2,1H3. The van der Waals surface area contributed by atoms with E-state index in [4.69, 9.17) is 4.74 Å². The predicted molar refractivity (Wildman–Crippen MR) is 87.3 cm³/mol. The van der Waals surface area contributed by atoms with Crippen molar-refractivity contribution in [2.24, 2.45) is 0 Å². The zero-order valence-corrected chi connectivity index (χ0v) is 14.1. The predicted octanol–water partition coefficient (Wildman–Crippen LogP) is 3.43. The molecule has 0 radical (unpaired) electrons. The van der Waals surface area contributed by atoms with Gasteiger partial charge in [-0.05, 0) is 53.2 Å². The fraction of sp³-hybridized carbons (Fsp3) is 0.133. The average Bonchev–Trinajstić information content (AvgIpc) is 2.47. The molecule has 0 spiro atoms. The van der Waals surface area contributed by atoms with Gasteiger partial charge in [-0.2, -0.15) is 0 Å². The Balaban J connectivity index is 2.29. The van der Waals surface area contributed by atoms with Crippen LogP contribution >= 0.6 is 15.9 Å². The molecule has 0 unspecified atom stereocenters. The lowest BCUT2D eigenvalue weighted by Crippen LogP contribution is -2.14. The summed E-state index contributed by atoms with van der Waals surface area (Å²) in [6, 6.07) is 12.6. The minimum Gasteiger partial charge on any atom is -0.462 e. The normalized spacial score (nSPS) is 11.0. The summed E-state index contributed by atoms with van der Waals surface area (Å²) in [6.45, 7) is 1.96. The van der Waals surface area contributed by atoms with Crippen molar-refractivity contribution in [1.29, 1.82) is 0 Å². The molecular formula is C15H14BrNO4S. The zero-order chi connectivity index (χ0) is 16.2. The van der Waals surface area contributed by atoms with Gasteiger partial charge in [0.25, 0.3) is 10.0 Å². The molecule has 0 bridgehead atoms. The van der Waals surface area contributed by atoms with Crippen LogP contribution < -0.4 is 4.72 Å². The highest BCUT2D eigenvalue weighted by Gasteiger charge is 2.18. The van der Waals surface area contributed by atoms with Gasteiger partial charge >= 0.3 is 5.97 Å². The lowest BCUT2D eigenvalue weighted by Gasteiger charge is -2.10. The van der Waals surface area contributed by atoms with E-state index in [2.05, 4.69) is 20.7 Å². The van der Waals surface area contributed by atoms with Crippen LogP contribution in [0.3, 0.4) is 0 Å². The van der Waals surface area contributed by atoms with Crippen molar-refractivity contribution < 1.29 is 17.9 Å². The first-order valence-electron chi connectivity index (χ1n) is 6.48. The highest BCUT2D eigenvalue weighted by molar-refractivity contribution is 9.10. The Morgan fingerprint density at radius 1 is 1.18 bits per heavy atom. The summed E-state index contributed by atoms with van der Waals surface area (Å²) in [7, 11) is -3.75. The van der Waals surface area contributed by atoms with Gasteiger partial charge in [-0.25, -0.2) is 13.2 Å². The number of hydrogen-bond acceptors (Lipinski definition) is 4. The first-order chi connectivity index (χ1) is 10.4. The van der Waals surface area contributed by atoms with Gasteiger partial charge in [-0.3, -0.25) is 4.72 Å². The number of anilines is 1. The van der Waals surface area contributed by atoms with E-state index in [0.717, 1.165) is 0 Å². The van der Waals surface area contributed by atoms with Crippen molar-refractivity contribution in [3.63, 3.8) is 0 Å². The molecule has 7 heteroatoms. The fourth-order valence-electron chi connectivity index (χ4n) is 1.80. The molecule has 0 aromatic heterocycles. The lowest BCUT2D eigenvalue weighted by atomic mass is 10.2. The SMILES string of the molecule is CCOC(=O)c1cccc(NS(=O)(=O)c2ccccc2Br)c1. The molecule has 0 aliphatic carbocycles. The smallest absolute Gasteiger partial charge is 0.338 e. The highest BCUT2D eigenvalue weighted by atomic mass is 79.9. The summed E-state index contributed by atoms with van der Waals surface area (Å²) < 4.78 is 32.5. The molecule has 0 aliphatic rings. The third-order valence-electron chi connectivity index (χ3n) is 2.75. The average molecular weight is 384 g/mol. The van der Waals surface area contributed by atoms with Crippen LogP contribution in [-0.4, -0.2) is 21.0 Å². The van der Waals surface area contributed by atoms with Gasteiger partial charge in [0.1, 0.15) is 4.90 Å². The number of nitrogens with one attached hydrogen (secondary N) is 1. The van der Waals surface area contributed by atoms with E-state index >= 15 is 0 Å². The van der Waals surface area contributed by atoms with Gasteiger partial charge in [0, 0.05) is 10.2 Å². The summed E-state index contributed by atoms with van der Waals surface area (Å²) in [5.74, 6) is -0.496. The molecule has 2 aromatic rings. The number of esters is 1. The van der Waals surface area contributed by atoms with Crippen molar-refractivity contribution in [2.75, 3.05) is 11.3 Å². The Hall–Kier alpha value is -1.86. The van der Waals surface area contributed by atoms with Crippen LogP contribution in [0.1, 0.15) is 17.3 Å². The summed E-state index contributed by atoms with van der Waals surface area (Å²) in [5, 5.41) is 0. The fourth-order valence-corrected chi connectivity index (χ4v) is 3.85. The second-order valence-electron chi connectivity index (χ2n) is 4.34. The number of ether oxygens (including phenoxy) is 1. The van der Waals surface area contributed by atoms with Crippen LogP contribution in [-0.2, 0) is 14.8 Å². The van der Waals surface area contributed by atoms with E-state index in [1.807, 2.05) is 0 Å². The second-order valence-corrected chi connectivity index (χ2v) is 6.84. The minimum atomic E-state index is -3.75. The number of carbonyl (C=O) groups is 1. The molecule has 5 nitrogen and oxygen atoms in total. The molecule has 1 N–H and O–H groups in total. The number of benzene rings is 2. The van der Waals surface area contributed by atoms with Crippen molar-refractivity contribution >= 4 is 37.6 Å². The highest BCUT2D eigenvalue weighted by Crippen LogP contribution is 2.24. The van der Waals surface area contributed by atoms with Crippen LogP contribution in [0.4, 0.5) is 5.69 Å². The van der Waals surface area contributed by atoms with E-state index in [1.54, 1.807) is 43.3 Å². The van der Waals surface area contributed by atoms with E-state index in [9.17, 15) is 13.2 Å². The van der Waals surface area contributed by atoms with Gasteiger partial charge in [0.2, 0.25) is 0 Å². The van der Waals surface area contributed by atoms with Gasteiger partial charge < -0.3 is 4.74 Å². The summed E-state index contributed by atoms with van der Waals surface area (Å²) in [4.78, 5) is 11.8. The van der Waals surface area contributed by atoms with Gasteiger partial charge in [0.15, 0.2) is 0 Å². The Kier molecular flexibility index (Phi) is 5.20. The second kappa shape index (κ2) is 6.93. The molecule has 0 atom stereocenters. The molecule has 0 fully saturated rings. The summed E-state index contributed by atoms with van der Waals surface area (Å²) in [6.07, 6.45) is 0. The number of sulfonamides is 1. The number of carbonyl (C=O) groups excluding carboxylic acids is 1. The topological polar surface area (TPSA) is 72.5 Å². The lowest BCUT2D eigenvalue weighted by molar-refractivity contribution is 0.0526. The minimum absolute atomic E-state index is 0.122. The third-order valence-corrected chi connectivity index (χ3v) is 5.15. The van der Waals surface area contributed by atoms with E-state index in [0.29, 0.717) is 10.2 Å². The van der Waals surface area contributed by atoms with Crippen molar-refractivity contribution in [2.45, 2.75) is 11.8 Å². The number of halogens is 1. The van der Waals surface area contributed by atoms with Crippen LogP contribution in [0.25, 0.3) is 0 Å². The van der Waals surface area contributed by atoms with Crippen molar-refractivity contribution in [3.05, 3.63) is 58.6 Å². The zero-order valence-electron chi connectivity index (χ0n) is 11.7. The summed E-state index contributed by atoms with van der Waals surface area (Å²) >= 11 is 3.21. The maximum absolute atomic E-state index is 12.4. The van der Waals surface area contributed by atoms with E-state index in [-0.39, 0.29) is 17.1 Å². The van der Waals surface area contributed by atoms with Gasteiger partial charge in [-0.1, -0.05) is 18.2 Å². The first kappa shape index (κ1) is 16.5. The number of hydrogen-bond donors (Lipinski definition) is 1. The van der Waals surface area contributed by atoms with Crippen LogP contribution in [0, 0.1) is 0 Å². The van der Waals surface area contributed by atoms with Crippen molar-refractivity contribution in [1.82, 2.24) is 0 Å². The Morgan fingerprint density at radius 3 is 2.59 bits per heavy atom. The Labute approximate surface area is 137 Å². The van der Waals surface area contributed by atoms with Crippen LogP contribution in [0.2, 0.25) is 0 Å². The molecule has 2 aromatic carbocycles. The van der Waals surface area contributed by atoms with E-state index in [1.165, 1.54) is 12.1 Å². The quantitative estimate of drug-likeness (QED) is 0.802. The molecule has 0 saturated carbocycles. The van der Waals surface area contributed by atoms with Crippen molar-refractivity contribution in [3.8, 4) is 0 Å². The van der Waals surface area contributed by atoms with Gasteiger partial charge in [0.05, 0.1) is 12.2 Å². The largest absolute Gasteiger partial charge is 0.462 e. The number of rotatable bonds is 5. The monoisotopic (exact) mass is 383 g/mol. The van der Waals surface area contributed by atoms with Gasteiger partial charge in [-0.15, -0.1) is 0 Å².